The van der Waals surface area contributed by atoms with Crippen molar-refractivity contribution in [1.29, 1.82) is 0 Å². The first-order valence-corrected chi connectivity index (χ1v) is 6.31. The van der Waals surface area contributed by atoms with Gasteiger partial charge in [-0.15, -0.1) is 0 Å². The highest BCUT2D eigenvalue weighted by molar-refractivity contribution is 5.99. The summed E-state index contributed by atoms with van der Waals surface area (Å²) >= 11 is 0. The molecule has 1 fully saturated rings. The van der Waals surface area contributed by atoms with Gasteiger partial charge in [-0.05, 0) is 31.7 Å². The molecule has 102 valence electrons. The lowest BCUT2D eigenvalue weighted by atomic mass is 10.0. The highest BCUT2D eigenvalue weighted by atomic mass is 16.6. The number of carbonyl (C=O) groups excluding carboxylic acids is 1. The fraction of sp³-hybridized carbons (Fsp3) is 0.462. The second-order valence-corrected chi connectivity index (χ2v) is 4.90. The molecule has 2 unspecified atom stereocenters. The second-order valence-electron chi connectivity index (χ2n) is 4.90. The van der Waals surface area contributed by atoms with Gasteiger partial charge in [0.1, 0.15) is 5.56 Å². The highest BCUT2D eigenvalue weighted by Gasteiger charge is 2.29. The van der Waals surface area contributed by atoms with Gasteiger partial charge >= 0.3 is 0 Å². The molecule has 0 radical (unpaired) electrons. The summed E-state index contributed by atoms with van der Waals surface area (Å²) in [6.07, 6.45) is 2.68. The van der Waals surface area contributed by atoms with Crippen LogP contribution in [0.5, 0.6) is 0 Å². The molecule has 1 aliphatic rings. The molecule has 1 aromatic carbocycles. The van der Waals surface area contributed by atoms with Gasteiger partial charge in [0.25, 0.3) is 11.6 Å². The molecule has 2 rings (SSSR count). The SMILES string of the molecule is Cc1cccc([N+](=O)[O-])c1C(=O)NC1CCCC1N. The normalized spacial score (nSPS) is 22.2. The van der Waals surface area contributed by atoms with Crippen molar-refractivity contribution in [3.8, 4) is 0 Å². The van der Waals surface area contributed by atoms with Gasteiger partial charge in [0.05, 0.1) is 4.92 Å². The van der Waals surface area contributed by atoms with Crippen molar-refractivity contribution in [2.75, 3.05) is 0 Å². The van der Waals surface area contributed by atoms with E-state index in [0.29, 0.717) is 5.56 Å². The Morgan fingerprint density at radius 3 is 2.79 bits per heavy atom. The van der Waals surface area contributed by atoms with E-state index in [1.165, 1.54) is 6.07 Å². The van der Waals surface area contributed by atoms with E-state index in [1.54, 1.807) is 19.1 Å². The molecule has 0 bridgehead atoms. The van der Waals surface area contributed by atoms with E-state index in [1.807, 2.05) is 0 Å². The molecule has 0 aromatic heterocycles. The number of hydrogen-bond donors (Lipinski definition) is 2. The Labute approximate surface area is 111 Å². The van der Waals surface area contributed by atoms with Crippen molar-refractivity contribution in [2.45, 2.75) is 38.3 Å². The first-order chi connectivity index (χ1) is 9.00. The standard InChI is InChI=1S/C13H17N3O3/c1-8-4-2-7-11(16(18)19)12(8)13(17)15-10-6-3-5-9(10)14/h2,4,7,9-10H,3,5-6,14H2,1H3,(H,15,17). The average Bonchev–Trinajstić information content (AvgIpc) is 2.74. The molecule has 0 spiro atoms. The molecule has 6 nitrogen and oxygen atoms in total. The van der Waals surface area contributed by atoms with Gasteiger partial charge in [0, 0.05) is 18.2 Å². The molecule has 1 amide bonds. The lowest BCUT2D eigenvalue weighted by Gasteiger charge is -2.17. The number of nitrogens with zero attached hydrogens (tertiary/aromatic N) is 1. The lowest BCUT2D eigenvalue weighted by Crippen LogP contribution is -2.44. The number of nitrogens with two attached hydrogens (primary N) is 1. The first-order valence-electron chi connectivity index (χ1n) is 6.31. The first kappa shape index (κ1) is 13.5. The third kappa shape index (κ3) is 2.73. The monoisotopic (exact) mass is 263 g/mol. The smallest absolute Gasteiger partial charge is 0.282 e. The van der Waals surface area contributed by atoms with Crippen molar-refractivity contribution in [1.82, 2.24) is 5.32 Å². The zero-order valence-electron chi connectivity index (χ0n) is 10.8. The summed E-state index contributed by atoms with van der Waals surface area (Å²) in [6, 6.07) is 4.46. The zero-order chi connectivity index (χ0) is 14.0. The second kappa shape index (κ2) is 5.36. The van der Waals surface area contributed by atoms with Crippen LogP contribution in [0.1, 0.15) is 35.2 Å². The molecule has 0 aliphatic heterocycles. The Hall–Kier alpha value is -1.95. The minimum absolute atomic E-state index is 0.0629. The van der Waals surface area contributed by atoms with Crippen LogP contribution in [0.4, 0.5) is 5.69 Å². The number of nitrogens with one attached hydrogen (secondary N) is 1. The predicted octanol–water partition coefficient (Wildman–Crippen LogP) is 1.51. The maximum atomic E-state index is 12.2. The van der Waals surface area contributed by atoms with E-state index >= 15 is 0 Å². The van der Waals surface area contributed by atoms with Crippen LogP contribution in [0.25, 0.3) is 0 Å². The van der Waals surface area contributed by atoms with Crippen LogP contribution in [0.2, 0.25) is 0 Å². The maximum Gasteiger partial charge on any atom is 0.282 e. The van der Waals surface area contributed by atoms with Crippen LogP contribution in [-0.2, 0) is 0 Å². The average molecular weight is 263 g/mol. The van der Waals surface area contributed by atoms with Crippen molar-refractivity contribution >= 4 is 11.6 Å². The Bertz CT molecular complexity index is 516. The summed E-state index contributed by atoms with van der Waals surface area (Å²) in [5, 5.41) is 13.8. The van der Waals surface area contributed by atoms with Crippen LogP contribution in [-0.4, -0.2) is 22.9 Å². The number of carbonyl (C=O) groups is 1. The van der Waals surface area contributed by atoms with Crippen LogP contribution in [0.3, 0.4) is 0 Å². The minimum Gasteiger partial charge on any atom is -0.348 e. The summed E-state index contributed by atoms with van der Waals surface area (Å²) in [5.41, 5.74) is 6.46. The molecule has 0 heterocycles. The van der Waals surface area contributed by atoms with E-state index in [2.05, 4.69) is 5.32 Å². The predicted molar refractivity (Wildman–Crippen MR) is 70.9 cm³/mol. The van der Waals surface area contributed by atoms with Gasteiger partial charge in [0.15, 0.2) is 0 Å². The van der Waals surface area contributed by atoms with Crippen molar-refractivity contribution in [2.24, 2.45) is 5.73 Å². The van der Waals surface area contributed by atoms with Crippen molar-refractivity contribution in [3.63, 3.8) is 0 Å². The molecular formula is C13H17N3O3. The fourth-order valence-electron chi connectivity index (χ4n) is 2.51. The summed E-state index contributed by atoms with van der Waals surface area (Å²) < 4.78 is 0. The van der Waals surface area contributed by atoms with Gasteiger partial charge in [-0.2, -0.15) is 0 Å². The minimum atomic E-state index is -0.531. The largest absolute Gasteiger partial charge is 0.348 e. The number of hydrogen-bond acceptors (Lipinski definition) is 4. The Kier molecular flexibility index (Phi) is 3.80. The fourth-order valence-corrected chi connectivity index (χ4v) is 2.51. The van der Waals surface area contributed by atoms with E-state index in [9.17, 15) is 14.9 Å². The topological polar surface area (TPSA) is 98.3 Å². The molecule has 1 saturated carbocycles. The third-order valence-corrected chi connectivity index (χ3v) is 3.56. The third-order valence-electron chi connectivity index (χ3n) is 3.56. The molecule has 19 heavy (non-hydrogen) atoms. The van der Waals surface area contributed by atoms with Gasteiger partial charge in [0.2, 0.25) is 0 Å². The number of nitro groups is 1. The molecule has 3 N–H and O–H groups in total. The molecular weight excluding hydrogens is 246 g/mol. The highest BCUT2D eigenvalue weighted by Crippen LogP contribution is 2.23. The van der Waals surface area contributed by atoms with Crippen LogP contribution in [0.15, 0.2) is 18.2 Å². The Morgan fingerprint density at radius 2 is 2.21 bits per heavy atom. The maximum absolute atomic E-state index is 12.2. The summed E-state index contributed by atoms with van der Waals surface area (Å²) in [4.78, 5) is 22.7. The molecule has 2 atom stereocenters. The Morgan fingerprint density at radius 1 is 1.47 bits per heavy atom. The number of rotatable bonds is 3. The van der Waals surface area contributed by atoms with Gasteiger partial charge in [-0.1, -0.05) is 12.1 Å². The van der Waals surface area contributed by atoms with E-state index < -0.39 is 10.8 Å². The van der Waals surface area contributed by atoms with Crippen molar-refractivity contribution < 1.29 is 9.72 Å². The van der Waals surface area contributed by atoms with Crippen molar-refractivity contribution in [3.05, 3.63) is 39.4 Å². The van der Waals surface area contributed by atoms with Gasteiger partial charge < -0.3 is 11.1 Å². The van der Waals surface area contributed by atoms with Crippen LogP contribution >= 0.6 is 0 Å². The molecule has 1 aliphatic carbocycles. The molecule has 1 aromatic rings. The van der Waals surface area contributed by atoms with E-state index in [-0.39, 0.29) is 23.3 Å². The van der Waals surface area contributed by atoms with Gasteiger partial charge in [-0.3, -0.25) is 14.9 Å². The molecule has 0 saturated heterocycles. The van der Waals surface area contributed by atoms with Crippen LogP contribution in [0, 0.1) is 17.0 Å². The summed E-state index contributed by atoms with van der Waals surface area (Å²) in [6.45, 7) is 1.69. The van der Waals surface area contributed by atoms with E-state index in [0.717, 1.165) is 19.3 Å². The van der Waals surface area contributed by atoms with Crippen LogP contribution < -0.4 is 11.1 Å². The zero-order valence-corrected chi connectivity index (χ0v) is 10.8. The number of nitro benzene ring substituents is 1. The molecule has 6 heteroatoms. The lowest BCUT2D eigenvalue weighted by molar-refractivity contribution is -0.385. The number of aryl methyl sites for hydroxylation is 1. The number of benzene rings is 1. The van der Waals surface area contributed by atoms with Gasteiger partial charge in [-0.25, -0.2) is 0 Å². The summed E-state index contributed by atoms with van der Waals surface area (Å²) in [5.74, 6) is -0.410. The number of amides is 1. The quantitative estimate of drug-likeness (QED) is 0.638. The van der Waals surface area contributed by atoms with E-state index in [4.69, 9.17) is 5.73 Å². The Balaban J connectivity index is 2.25. The summed E-state index contributed by atoms with van der Waals surface area (Å²) in [7, 11) is 0.